The fourth-order valence-electron chi connectivity index (χ4n) is 3.77. The number of hydrogen-bond donors (Lipinski definition) is 0. The molecule has 1 heterocycles. The maximum atomic E-state index is 13.0. The van der Waals surface area contributed by atoms with Crippen LogP contribution in [0.2, 0.25) is 0 Å². The van der Waals surface area contributed by atoms with Crippen LogP contribution in [0.1, 0.15) is 32.1 Å². The first-order valence-corrected chi connectivity index (χ1v) is 8.97. The van der Waals surface area contributed by atoms with Crippen LogP contribution >= 0.6 is 0 Å². The van der Waals surface area contributed by atoms with Crippen molar-refractivity contribution in [1.29, 1.82) is 0 Å². The second-order valence-electron chi connectivity index (χ2n) is 7.10. The zero-order chi connectivity index (χ0) is 16.2. The first kappa shape index (κ1) is 16.3. The van der Waals surface area contributed by atoms with Crippen LogP contribution in [0.5, 0.6) is 0 Å². The van der Waals surface area contributed by atoms with Gasteiger partial charge in [0.1, 0.15) is 0 Å². The third-order valence-electron chi connectivity index (χ3n) is 5.14. The van der Waals surface area contributed by atoms with Crippen LogP contribution in [0.15, 0.2) is 24.3 Å². The molecule has 2 aliphatic rings. The van der Waals surface area contributed by atoms with E-state index in [0.29, 0.717) is 5.91 Å². The number of rotatable bonds is 4. The molecule has 0 spiro atoms. The Hall–Kier alpha value is -1.55. The van der Waals surface area contributed by atoms with Crippen molar-refractivity contribution in [2.45, 2.75) is 32.1 Å². The molecule has 4 heteroatoms. The molecule has 0 unspecified atom stereocenters. The van der Waals surface area contributed by atoms with Crippen molar-refractivity contribution in [2.75, 3.05) is 50.1 Å². The van der Waals surface area contributed by atoms with Gasteiger partial charge in [-0.1, -0.05) is 31.4 Å². The summed E-state index contributed by atoms with van der Waals surface area (Å²) in [5.41, 5.74) is 2.32. The maximum Gasteiger partial charge on any atom is 0.230 e. The molecule has 0 saturated heterocycles. The molecule has 1 fully saturated rings. The van der Waals surface area contributed by atoms with Gasteiger partial charge in [-0.2, -0.15) is 0 Å². The smallest absolute Gasteiger partial charge is 0.230 e. The van der Waals surface area contributed by atoms with Crippen molar-refractivity contribution in [3.8, 4) is 0 Å². The highest BCUT2D eigenvalue weighted by Gasteiger charge is 2.31. The normalized spacial score (nSPS) is 19.1. The van der Waals surface area contributed by atoms with Gasteiger partial charge in [0.15, 0.2) is 0 Å². The van der Waals surface area contributed by atoms with E-state index in [2.05, 4.69) is 53.1 Å². The predicted octanol–water partition coefficient (Wildman–Crippen LogP) is 2.98. The van der Waals surface area contributed by atoms with Crippen LogP contribution in [0.4, 0.5) is 11.4 Å². The molecule has 4 nitrogen and oxygen atoms in total. The first-order valence-electron chi connectivity index (χ1n) is 8.97. The fraction of sp³-hybridized carbons (Fsp3) is 0.632. The van der Waals surface area contributed by atoms with Crippen molar-refractivity contribution >= 4 is 17.3 Å². The summed E-state index contributed by atoms with van der Waals surface area (Å²) in [6, 6.07) is 8.40. The topological polar surface area (TPSA) is 26.8 Å². The van der Waals surface area contributed by atoms with Crippen LogP contribution in [0.25, 0.3) is 0 Å². The lowest BCUT2D eigenvalue weighted by Crippen LogP contribution is -2.47. The predicted molar refractivity (Wildman–Crippen MR) is 96.1 cm³/mol. The third-order valence-corrected chi connectivity index (χ3v) is 5.14. The third kappa shape index (κ3) is 3.69. The van der Waals surface area contributed by atoms with Gasteiger partial charge in [-0.25, -0.2) is 0 Å². The van der Waals surface area contributed by atoms with Crippen LogP contribution in [-0.4, -0.2) is 51.1 Å². The van der Waals surface area contributed by atoms with Crippen molar-refractivity contribution in [3.05, 3.63) is 24.3 Å². The highest BCUT2D eigenvalue weighted by atomic mass is 16.2. The summed E-state index contributed by atoms with van der Waals surface area (Å²) in [5, 5.41) is 0. The maximum absolute atomic E-state index is 13.0. The summed E-state index contributed by atoms with van der Waals surface area (Å²) < 4.78 is 0. The van der Waals surface area contributed by atoms with E-state index in [1.807, 2.05) is 0 Å². The van der Waals surface area contributed by atoms with Crippen LogP contribution in [-0.2, 0) is 4.79 Å². The molecule has 0 radical (unpaired) electrons. The molecule has 1 aromatic rings. The van der Waals surface area contributed by atoms with E-state index in [0.717, 1.165) is 44.7 Å². The highest BCUT2D eigenvalue weighted by molar-refractivity contribution is 5.99. The minimum absolute atomic E-state index is 0.241. The zero-order valence-electron chi connectivity index (χ0n) is 14.5. The molecule has 126 valence electrons. The zero-order valence-corrected chi connectivity index (χ0v) is 14.5. The quantitative estimate of drug-likeness (QED) is 0.854. The minimum atomic E-state index is 0.241. The molecular formula is C19H29N3O. The highest BCUT2D eigenvalue weighted by Crippen LogP contribution is 2.35. The number of hydrogen-bond acceptors (Lipinski definition) is 3. The van der Waals surface area contributed by atoms with E-state index in [-0.39, 0.29) is 5.92 Å². The van der Waals surface area contributed by atoms with E-state index < -0.39 is 0 Å². The van der Waals surface area contributed by atoms with Crippen molar-refractivity contribution in [1.82, 2.24) is 4.90 Å². The molecule has 23 heavy (non-hydrogen) atoms. The van der Waals surface area contributed by atoms with Gasteiger partial charge in [0.2, 0.25) is 5.91 Å². The molecule has 1 aliphatic heterocycles. The molecule has 3 rings (SSSR count). The number of nitrogens with zero attached hydrogens (tertiary/aromatic N) is 3. The Labute approximate surface area is 140 Å². The van der Waals surface area contributed by atoms with Gasteiger partial charge in [-0.3, -0.25) is 4.79 Å². The first-order chi connectivity index (χ1) is 11.2. The standard InChI is InChI=1S/C19H29N3O/c1-20(2)12-13-21-14-15-22(18-11-7-6-10-17(18)21)19(23)16-8-4-3-5-9-16/h6-7,10-11,16H,3-5,8-9,12-15H2,1-2H3. The number of carbonyl (C=O) groups excluding carboxylic acids is 1. The van der Waals surface area contributed by atoms with E-state index in [9.17, 15) is 4.79 Å². The van der Waals surface area contributed by atoms with Gasteiger partial charge < -0.3 is 14.7 Å². The largest absolute Gasteiger partial charge is 0.367 e. The van der Waals surface area contributed by atoms with Gasteiger partial charge in [0, 0.05) is 32.1 Å². The summed E-state index contributed by atoms with van der Waals surface area (Å²) in [6.07, 6.45) is 5.85. The number of fused-ring (bicyclic) bond motifs is 1. The van der Waals surface area contributed by atoms with Crippen LogP contribution in [0, 0.1) is 5.92 Å². The molecule has 0 atom stereocenters. The van der Waals surface area contributed by atoms with Gasteiger partial charge in [-0.15, -0.1) is 0 Å². The number of benzene rings is 1. The lowest BCUT2D eigenvalue weighted by Gasteiger charge is -2.40. The van der Waals surface area contributed by atoms with Crippen LogP contribution in [0.3, 0.4) is 0 Å². The van der Waals surface area contributed by atoms with E-state index >= 15 is 0 Å². The summed E-state index contributed by atoms with van der Waals surface area (Å²) in [5.74, 6) is 0.592. The summed E-state index contributed by atoms with van der Waals surface area (Å²) >= 11 is 0. The Bertz CT molecular complexity index is 537. The number of carbonyl (C=O) groups is 1. The lowest BCUT2D eigenvalue weighted by molar-refractivity contribution is -0.123. The summed E-state index contributed by atoms with van der Waals surface area (Å²) in [7, 11) is 4.21. The lowest BCUT2D eigenvalue weighted by atomic mass is 9.88. The average Bonchev–Trinajstić information content (AvgIpc) is 2.59. The number of para-hydroxylation sites is 2. The van der Waals surface area contributed by atoms with Crippen molar-refractivity contribution < 1.29 is 4.79 Å². The minimum Gasteiger partial charge on any atom is -0.367 e. The van der Waals surface area contributed by atoms with Crippen molar-refractivity contribution in [3.63, 3.8) is 0 Å². The Kier molecular flexibility index (Phi) is 5.21. The van der Waals surface area contributed by atoms with Gasteiger partial charge in [-0.05, 0) is 39.1 Å². The van der Waals surface area contributed by atoms with Gasteiger partial charge in [0.05, 0.1) is 11.4 Å². The van der Waals surface area contributed by atoms with E-state index in [4.69, 9.17) is 0 Å². The Morgan fingerprint density at radius 2 is 1.78 bits per heavy atom. The van der Waals surface area contributed by atoms with Crippen LogP contribution < -0.4 is 9.80 Å². The Balaban J connectivity index is 1.77. The molecule has 0 bridgehead atoms. The average molecular weight is 315 g/mol. The fourth-order valence-corrected chi connectivity index (χ4v) is 3.77. The Morgan fingerprint density at radius 1 is 1.09 bits per heavy atom. The van der Waals surface area contributed by atoms with Gasteiger partial charge >= 0.3 is 0 Å². The molecule has 1 aliphatic carbocycles. The SMILES string of the molecule is CN(C)CCN1CCN(C(=O)C2CCCCC2)c2ccccc21. The second-order valence-corrected chi connectivity index (χ2v) is 7.10. The Morgan fingerprint density at radius 3 is 2.48 bits per heavy atom. The molecule has 1 amide bonds. The monoisotopic (exact) mass is 315 g/mol. The summed E-state index contributed by atoms with van der Waals surface area (Å²) in [4.78, 5) is 19.7. The summed E-state index contributed by atoms with van der Waals surface area (Å²) in [6.45, 7) is 3.80. The van der Waals surface area contributed by atoms with Gasteiger partial charge in [0.25, 0.3) is 0 Å². The molecule has 0 aromatic heterocycles. The van der Waals surface area contributed by atoms with E-state index in [1.165, 1.54) is 24.9 Å². The molecular weight excluding hydrogens is 286 g/mol. The molecule has 1 saturated carbocycles. The number of anilines is 2. The molecule has 1 aromatic carbocycles. The molecule has 0 N–H and O–H groups in total. The van der Waals surface area contributed by atoms with Crippen molar-refractivity contribution in [2.24, 2.45) is 5.92 Å². The number of amides is 1. The van der Waals surface area contributed by atoms with E-state index in [1.54, 1.807) is 0 Å². The number of likely N-dealkylation sites (N-methyl/N-ethyl adjacent to an activating group) is 1. The second kappa shape index (κ2) is 7.35.